The van der Waals surface area contributed by atoms with Crippen molar-refractivity contribution in [3.63, 3.8) is 0 Å². The molecular weight excluding hydrogens is 263 g/mol. The van der Waals surface area contributed by atoms with Gasteiger partial charge >= 0.3 is 0 Å². The average molecular weight is 277 g/mol. The maximum Gasteiger partial charge on any atom is 0.131 e. The molecule has 0 saturated heterocycles. The van der Waals surface area contributed by atoms with Gasteiger partial charge in [0, 0.05) is 10.6 Å². The van der Waals surface area contributed by atoms with Crippen molar-refractivity contribution >= 4 is 11.6 Å². The Labute approximate surface area is 116 Å². The van der Waals surface area contributed by atoms with E-state index in [0.29, 0.717) is 17.0 Å². The van der Waals surface area contributed by atoms with Crippen LogP contribution in [-0.4, -0.2) is 5.11 Å². The van der Waals surface area contributed by atoms with Gasteiger partial charge in [-0.3, -0.25) is 0 Å². The number of aliphatic hydroxyl groups is 1. The Hall–Kier alpha value is -1.38. The van der Waals surface area contributed by atoms with E-state index in [2.05, 4.69) is 0 Å². The predicted molar refractivity (Wildman–Crippen MR) is 73.9 cm³/mol. The number of halogens is 2. The van der Waals surface area contributed by atoms with Gasteiger partial charge in [0.05, 0.1) is 0 Å². The SMILES string of the molecule is Cc1ccc2c(c1)C(O)(c1ccc(Cl)cc1F)CC2. The van der Waals surface area contributed by atoms with Gasteiger partial charge in [0.15, 0.2) is 0 Å². The summed E-state index contributed by atoms with van der Waals surface area (Å²) < 4.78 is 14.1. The number of hydrogen-bond donors (Lipinski definition) is 1. The third-order valence-corrected chi connectivity index (χ3v) is 4.08. The van der Waals surface area contributed by atoms with Crippen LogP contribution in [0.5, 0.6) is 0 Å². The monoisotopic (exact) mass is 276 g/mol. The Morgan fingerprint density at radius 2 is 1.95 bits per heavy atom. The van der Waals surface area contributed by atoms with Crippen molar-refractivity contribution in [3.05, 3.63) is 69.5 Å². The molecule has 0 amide bonds. The molecule has 0 saturated carbocycles. The minimum atomic E-state index is -1.24. The lowest BCUT2D eigenvalue weighted by atomic mass is 9.87. The summed E-state index contributed by atoms with van der Waals surface area (Å²) in [5, 5.41) is 11.3. The first-order valence-corrected chi connectivity index (χ1v) is 6.66. The first-order chi connectivity index (χ1) is 9.00. The van der Waals surface area contributed by atoms with Crippen molar-refractivity contribution in [1.82, 2.24) is 0 Å². The molecule has 98 valence electrons. The lowest BCUT2D eigenvalue weighted by molar-refractivity contribution is 0.0789. The second kappa shape index (κ2) is 4.32. The van der Waals surface area contributed by atoms with E-state index in [1.807, 2.05) is 25.1 Å². The van der Waals surface area contributed by atoms with E-state index in [1.54, 1.807) is 12.1 Å². The molecule has 2 aromatic rings. The Kier molecular flexibility index (Phi) is 2.88. The summed E-state index contributed by atoms with van der Waals surface area (Å²) in [6, 6.07) is 10.4. The lowest BCUT2D eigenvalue weighted by Crippen LogP contribution is -2.25. The number of fused-ring (bicyclic) bond motifs is 1. The second-order valence-corrected chi connectivity index (χ2v) is 5.58. The van der Waals surface area contributed by atoms with Gasteiger partial charge in [0.2, 0.25) is 0 Å². The molecule has 0 aliphatic heterocycles. The normalized spacial score (nSPS) is 21.5. The summed E-state index contributed by atoms with van der Waals surface area (Å²) in [6.45, 7) is 1.97. The highest BCUT2D eigenvalue weighted by molar-refractivity contribution is 6.30. The summed E-state index contributed by atoms with van der Waals surface area (Å²) in [4.78, 5) is 0. The van der Waals surface area contributed by atoms with Crippen LogP contribution in [0, 0.1) is 12.7 Å². The smallest absolute Gasteiger partial charge is 0.131 e. The standard InChI is InChI=1S/C16H14ClFO/c1-10-2-3-11-6-7-16(19,14(11)8-10)13-5-4-12(17)9-15(13)18/h2-5,8-9,19H,6-7H2,1H3. The second-order valence-electron chi connectivity index (χ2n) is 5.15. The van der Waals surface area contributed by atoms with Crippen molar-refractivity contribution in [2.45, 2.75) is 25.4 Å². The summed E-state index contributed by atoms with van der Waals surface area (Å²) in [5.74, 6) is -0.454. The first-order valence-electron chi connectivity index (χ1n) is 6.28. The molecule has 1 nitrogen and oxygen atoms in total. The fourth-order valence-electron chi connectivity index (χ4n) is 2.85. The Morgan fingerprint density at radius 1 is 1.16 bits per heavy atom. The van der Waals surface area contributed by atoms with Gasteiger partial charge in [-0.15, -0.1) is 0 Å². The van der Waals surface area contributed by atoms with Crippen LogP contribution >= 0.6 is 11.6 Å². The maximum atomic E-state index is 14.1. The van der Waals surface area contributed by atoms with Crippen LogP contribution in [0.2, 0.25) is 5.02 Å². The van der Waals surface area contributed by atoms with Crippen LogP contribution in [0.4, 0.5) is 4.39 Å². The molecule has 3 heteroatoms. The molecule has 1 atom stereocenters. The van der Waals surface area contributed by atoms with E-state index in [4.69, 9.17) is 11.6 Å². The summed E-state index contributed by atoms with van der Waals surface area (Å²) in [6.07, 6.45) is 1.26. The van der Waals surface area contributed by atoms with Gasteiger partial charge in [0.1, 0.15) is 11.4 Å². The highest BCUT2D eigenvalue weighted by Gasteiger charge is 2.40. The van der Waals surface area contributed by atoms with Gasteiger partial charge in [-0.25, -0.2) is 4.39 Å². The number of aryl methyl sites for hydroxylation is 2. The third kappa shape index (κ3) is 1.96. The molecule has 0 bridgehead atoms. The zero-order chi connectivity index (χ0) is 13.6. The largest absolute Gasteiger partial charge is 0.380 e. The van der Waals surface area contributed by atoms with Crippen LogP contribution < -0.4 is 0 Å². The predicted octanol–water partition coefficient (Wildman–Crippen LogP) is 3.97. The molecule has 0 heterocycles. The highest BCUT2D eigenvalue weighted by Crippen LogP contribution is 2.43. The molecule has 1 aliphatic rings. The third-order valence-electron chi connectivity index (χ3n) is 3.84. The van der Waals surface area contributed by atoms with Crippen molar-refractivity contribution in [2.24, 2.45) is 0 Å². The minimum absolute atomic E-state index is 0.307. The van der Waals surface area contributed by atoms with E-state index in [-0.39, 0.29) is 0 Å². The Balaban J connectivity index is 2.18. The number of benzene rings is 2. The fourth-order valence-corrected chi connectivity index (χ4v) is 3.01. The highest BCUT2D eigenvalue weighted by atomic mass is 35.5. The molecule has 19 heavy (non-hydrogen) atoms. The lowest BCUT2D eigenvalue weighted by Gasteiger charge is -2.25. The van der Waals surface area contributed by atoms with Gasteiger partial charge in [0.25, 0.3) is 0 Å². The maximum absolute atomic E-state index is 14.1. The van der Waals surface area contributed by atoms with Crippen LogP contribution in [0.1, 0.15) is 28.7 Å². The number of rotatable bonds is 1. The molecular formula is C16H14ClFO. The van der Waals surface area contributed by atoms with Crippen molar-refractivity contribution in [1.29, 1.82) is 0 Å². The van der Waals surface area contributed by atoms with E-state index >= 15 is 0 Å². The first kappa shape index (κ1) is 12.6. The van der Waals surface area contributed by atoms with E-state index in [0.717, 1.165) is 23.1 Å². The zero-order valence-corrected chi connectivity index (χ0v) is 11.3. The van der Waals surface area contributed by atoms with Gasteiger partial charge in [-0.2, -0.15) is 0 Å². The van der Waals surface area contributed by atoms with E-state index in [1.165, 1.54) is 6.07 Å². The molecule has 0 aromatic heterocycles. The zero-order valence-electron chi connectivity index (χ0n) is 10.6. The van der Waals surface area contributed by atoms with E-state index < -0.39 is 11.4 Å². The quantitative estimate of drug-likeness (QED) is 0.836. The summed E-state index contributed by atoms with van der Waals surface area (Å²) >= 11 is 5.77. The van der Waals surface area contributed by atoms with Gasteiger partial charge in [-0.1, -0.05) is 41.4 Å². The van der Waals surface area contributed by atoms with Crippen LogP contribution in [0.25, 0.3) is 0 Å². The molecule has 1 aliphatic carbocycles. The van der Waals surface area contributed by atoms with E-state index in [9.17, 15) is 9.50 Å². The Bertz CT molecular complexity index is 653. The topological polar surface area (TPSA) is 20.2 Å². The van der Waals surface area contributed by atoms with Crippen molar-refractivity contribution in [3.8, 4) is 0 Å². The van der Waals surface area contributed by atoms with Gasteiger partial charge in [-0.05, 0) is 43.0 Å². The Morgan fingerprint density at radius 3 is 2.68 bits per heavy atom. The molecule has 2 aromatic carbocycles. The fraction of sp³-hybridized carbons (Fsp3) is 0.250. The average Bonchev–Trinajstić information content (AvgIpc) is 2.68. The van der Waals surface area contributed by atoms with Crippen LogP contribution in [0.15, 0.2) is 36.4 Å². The van der Waals surface area contributed by atoms with Crippen molar-refractivity contribution in [2.75, 3.05) is 0 Å². The summed E-state index contributed by atoms with van der Waals surface area (Å²) in [5.41, 5.74) is 2.03. The van der Waals surface area contributed by atoms with Crippen molar-refractivity contribution < 1.29 is 9.50 Å². The minimum Gasteiger partial charge on any atom is -0.380 e. The molecule has 3 rings (SSSR count). The molecule has 0 radical (unpaired) electrons. The molecule has 0 spiro atoms. The molecule has 0 fully saturated rings. The summed E-state index contributed by atoms with van der Waals surface area (Å²) in [7, 11) is 0. The van der Waals surface area contributed by atoms with Crippen LogP contribution in [-0.2, 0) is 12.0 Å². The number of hydrogen-bond acceptors (Lipinski definition) is 1. The molecule has 1 unspecified atom stereocenters. The van der Waals surface area contributed by atoms with Crippen LogP contribution in [0.3, 0.4) is 0 Å². The van der Waals surface area contributed by atoms with Gasteiger partial charge < -0.3 is 5.11 Å². The molecule has 1 N–H and O–H groups in total.